The van der Waals surface area contributed by atoms with Crippen LogP contribution >= 0.6 is 0 Å². The van der Waals surface area contributed by atoms with E-state index in [9.17, 15) is 14.4 Å². The second-order valence-corrected chi connectivity index (χ2v) is 4.45. The van der Waals surface area contributed by atoms with Gasteiger partial charge in [0.1, 0.15) is 5.69 Å². The van der Waals surface area contributed by atoms with Crippen LogP contribution in [0.15, 0.2) is 30.3 Å². The van der Waals surface area contributed by atoms with E-state index < -0.39 is 5.97 Å². The summed E-state index contributed by atoms with van der Waals surface area (Å²) in [5.41, 5.74) is 1.19. The van der Waals surface area contributed by atoms with E-state index in [1.165, 1.54) is 0 Å². The number of aryl methyl sites for hydroxylation is 1. The molecule has 21 heavy (non-hydrogen) atoms. The average Bonchev–Trinajstić information content (AvgIpc) is 2.84. The number of aromatic nitrogens is 1. The van der Waals surface area contributed by atoms with E-state index in [1.807, 2.05) is 0 Å². The van der Waals surface area contributed by atoms with Crippen molar-refractivity contribution in [3.05, 3.63) is 58.4 Å². The van der Waals surface area contributed by atoms with Crippen molar-refractivity contribution in [3.63, 3.8) is 0 Å². The van der Waals surface area contributed by atoms with E-state index in [4.69, 9.17) is 4.74 Å². The van der Waals surface area contributed by atoms with E-state index in [0.29, 0.717) is 17.5 Å². The van der Waals surface area contributed by atoms with Gasteiger partial charge in [0.2, 0.25) is 0 Å². The third kappa shape index (κ3) is 2.76. The molecule has 0 unspecified atom stereocenters. The molecular formula is C16H15NO4. The Morgan fingerprint density at radius 1 is 1.24 bits per heavy atom. The van der Waals surface area contributed by atoms with Crippen molar-refractivity contribution < 1.29 is 19.1 Å². The quantitative estimate of drug-likeness (QED) is 0.520. The first-order valence-electron chi connectivity index (χ1n) is 6.54. The van der Waals surface area contributed by atoms with Crippen LogP contribution in [-0.4, -0.2) is 29.6 Å². The second-order valence-electron chi connectivity index (χ2n) is 4.45. The molecule has 0 aliphatic rings. The highest BCUT2D eigenvalue weighted by molar-refractivity contribution is 6.16. The topological polar surface area (TPSA) is 76.2 Å². The van der Waals surface area contributed by atoms with Gasteiger partial charge in [-0.25, -0.2) is 4.79 Å². The Balaban J connectivity index is 2.52. The van der Waals surface area contributed by atoms with Gasteiger partial charge in [-0.05, 0) is 13.8 Å². The first-order chi connectivity index (χ1) is 10.1. The van der Waals surface area contributed by atoms with E-state index >= 15 is 0 Å². The number of hydrogen-bond acceptors (Lipinski definition) is 4. The number of aldehydes is 1. The van der Waals surface area contributed by atoms with Crippen LogP contribution in [0.25, 0.3) is 0 Å². The molecule has 0 radical (unpaired) electrons. The predicted molar refractivity (Wildman–Crippen MR) is 76.7 cm³/mol. The fourth-order valence-electron chi connectivity index (χ4n) is 2.15. The van der Waals surface area contributed by atoms with Gasteiger partial charge in [0.25, 0.3) is 0 Å². The highest BCUT2D eigenvalue weighted by Gasteiger charge is 2.25. The SMILES string of the molecule is CCOC(=O)c1[nH]c(C)c(C(=O)c2ccccc2)c1C=O. The summed E-state index contributed by atoms with van der Waals surface area (Å²) < 4.78 is 4.88. The van der Waals surface area contributed by atoms with Gasteiger partial charge in [-0.1, -0.05) is 30.3 Å². The molecule has 0 saturated carbocycles. The molecule has 1 aromatic heterocycles. The summed E-state index contributed by atoms with van der Waals surface area (Å²) in [7, 11) is 0. The molecule has 1 aromatic carbocycles. The van der Waals surface area contributed by atoms with Crippen LogP contribution in [0.4, 0.5) is 0 Å². The Labute approximate surface area is 121 Å². The Hall–Kier alpha value is -2.69. The highest BCUT2D eigenvalue weighted by Crippen LogP contribution is 2.21. The fraction of sp³-hybridized carbons (Fsp3) is 0.188. The standard InChI is InChI=1S/C16H15NO4/c1-3-21-16(20)14-12(9-18)13(10(2)17-14)15(19)11-7-5-4-6-8-11/h4-9,17H,3H2,1-2H3. The molecule has 5 heteroatoms. The number of carbonyl (C=O) groups excluding carboxylic acids is 3. The zero-order valence-corrected chi connectivity index (χ0v) is 11.8. The maximum atomic E-state index is 12.5. The zero-order valence-electron chi connectivity index (χ0n) is 11.8. The van der Waals surface area contributed by atoms with E-state index in [2.05, 4.69) is 4.98 Å². The molecule has 0 bridgehead atoms. The lowest BCUT2D eigenvalue weighted by atomic mass is 9.99. The molecule has 0 fully saturated rings. The maximum Gasteiger partial charge on any atom is 0.355 e. The number of esters is 1. The second kappa shape index (κ2) is 6.17. The Kier molecular flexibility index (Phi) is 4.33. The molecule has 1 heterocycles. The lowest BCUT2D eigenvalue weighted by molar-refractivity contribution is 0.0518. The number of ketones is 1. The number of carbonyl (C=O) groups is 3. The van der Waals surface area contributed by atoms with Crippen molar-refractivity contribution >= 4 is 18.0 Å². The minimum absolute atomic E-state index is 0.0173. The molecule has 2 aromatic rings. The zero-order chi connectivity index (χ0) is 15.4. The number of rotatable bonds is 5. The molecule has 0 aliphatic heterocycles. The van der Waals surface area contributed by atoms with E-state index in [1.54, 1.807) is 44.2 Å². The van der Waals surface area contributed by atoms with Crippen LogP contribution in [-0.2, 0) is 4.74 Å². The number of H-pyrrole nitrogens is 1. The van der Waals surface area contributed by atoms with Gasteiger partial charge in [0, 0.05) is 11.3 Å². The summed E-state index contributed by atoms with van der Waals surface area (Å²) in [5, 5.41) is 0. The number of nitrogens with one attached hydrogen (secondary N) is 1. The van der Waals surface area contributed by atoms with Crippen LogP contribution in [0.1, 0.15) is 49.4 Å². The molecule has 0 aliphatic carbocycles. The van der Waals surface area contributed by atoms with E-state index in [-0.39, 0.29) is 29.2 Å². The normalized spacial score (nSPS) is 10.2. The summed E-state index contributed by atoms with van der Waals surface area (Å²) in [5.74, 6) is -0.947. The van der Waals surface area contributed by atoms with Gasteiger partial charge in [0.05, 0.1) is 17.7 Å². The van der Waals surface area contributed by atoms with Gasteiger partial charge in [0.15, 0.2) is 12.1 Å². The summed E-state index contributed by atoms with van der Waals surface area (Å²) in [6, 6.07) is 8.59. The first-order valence-corrected chi connectivity index (χ1v) is 6.54. The Morgan fingerprint density at radius 2 is 1.90 bits per heavy atom. The lowest BCUT2D eigenvalue weighted by Crippen LogP contribution is -2.09. The number of ether oxygens (including phenoxy) is 1. The van der Waals surface area contributed by atoms with Crippen LogP contribution in [0.5, 0.6) is 0 Å². The Morgan fingerprint density at radius 3 is 2.48 bits per heavy atom. The van der Waals surface area contributed by atoms with Crippen molar-refractivity contribution in [3.8, 4) is 0 Å². The smallest absolute Gasteiger partial charge is 0.355 e. The molecule has 0 atom stereocenters. The van der Waals surface area contributed by atoms with Crippen LogP contribution in [0.3, 0.4) is 0 Å². The van der Waals surface area contributed by atoms with Crippen molar-refractivity contribution in [2.75, 3.05) is 6.61 Å². The van der Waals surface area contributed by atoms with Gasteiger partial charge in [-0.3, -0.25) is 9.59 Å². The molecule has 0 spiro atoms. The third-order valence-electron chi connectivity index (χ3n) is 3.09. The molecule has 1 N–H and O–H groups in total. The Bertz CT molecular complexity index is 686. The summed E-state index contributed by atoms with van der Waals surface area (Å²) in [4.78, 5) is 38.4. The first kappa shape index (κ1) is 14.7. The minimum Gasteiger partial charge on any atom is -0.461 e. The summed E-state index contributed by atoms with van der Waals surface area (Å²) in [6.07, 6.45) is 0.506. The molecule has 108 valence electrons. The number of hydrogen-bond donors (Lipinski definition) is 1. The molecule has 0 saturated heterocycles. The molecular weight excluding hydrogens is 270 g/mol. The van der Waals surface area contributed by atoms with Crippen molar-refractivity contribution in [1.29, 1.82) is 0 Å². The van der Waals surface area contributed by atoms with Crippen LogP contribution in [0.2, 0.25) is 0 Å². The molecule has 2 rings (SSSR count). The van der Waals surface area contributed by atoms with Gasteiger partial charge in [-0.15, -0.1) is 0 Å². The highest BCUT2D eigenvalue weighted by atomic mass is 16.5. The average molecular weight is 285 g/mol. The monoisotopic (exact) mass is 285 g/mol. The fourth-order valence-corrected chi connectivity index (χ4v) is 2.15. The van der Waals surface area contributed by atoms with Crippen LogP contribution < -0.4 is 0 Å². The summed E-state index contributed by atoms with van der Waals surface area (Å²) in [6.45, 7) is 3.51. The van der Waals surface area contributed by atoms with Gasteiger partial charge in [-0.2, -0.15) is 0 Å². The minimum atomic E-state index is -0.644. The number of aromatic amines is 1. The van der Waals surface area contributed by atoms with Crippen LogP contribution in [0, 0.1) is 6.92 Å². The number of benzene rings is 1. The van der Waals surface area contributed by atoms with E-state index in [0.717, 1.165) is 0 Å². The molecule has 5 nitrogen and oxygen atoms in total. The largest absolute Gasteiger partial charge is 0.461 e. The van der Waals surface area contributed by atoms with Crippen molar-refractivity contribution in [1.82, 2.24) is 4.98 Å². The molecule has 0 amide bonds. The van der Waals surface area contributed by atoms with Crippen molar-refractivity contribution in [2.45, 2.75) is 13.8 Å². The summed E-state index contributed by atoms with van der Waals surface area (Å²) >= 11 is 0. The van der Waals surface area contributed by atoms with Crippen molar-refractivity contribution in [2.24, 2.45) is 0 Å². The maximum absolute atomic E-state index is 12.5. The van der Waals surface area contributed by atoms with Gasteiger partial charge < -0.3 is 9.72 Å². The van der Waals surface area contributed by atoms with Gasteiger partial charge >= 0.3 is 5.97 Å². The predicted octanol–water partition coefficient (Wildman–Crippen LogP) is 2.54. The lowest BCUT2D eigenvalue weighted by Gasteiger charge is -2.02. The third-order valence-corrected chi connectivity index (χ3v) is 3.09.